The van der Waals surface area contributed by atoms with Crippen molar-refractivity contribution >= 4 is 21.7 Å². The van der Waals surface area contributed by atoms with Crippen molar-refractivity contribution in [2.75, 3.05) is 18.0 Å². The van der Waals surface area contributed by atoms with Crippen molar-refractivity contribution in [1.29, 1.82) is 0 Å². The first-order valence-electron chi connectivity index (χ1n) is 6.30. The molecule has 0 aromatic carbocycles. The van der Waals surface area contributed by atoms with Crippen LogP contribution in [0.2, 0.25) is 0 Å². The minimum absolute atomic E-state index is 0.585. The van der Waals surface area contributed by atoms with E-state index in [2.05, 4.69) is 36.1 Å². The van der Waals surface area contributed by atoms with Gasteiger partial charge in [0.1, 0.15) is 12.1 Å². The maximum atomic E-state index is 4.39. The molecule has 2 aliphatic rings. The molecule has 3 rings (SSSR count). The zero-order valence-electron chi connectivity index (χ0n) is 9.77. The van der Waals surface area contributed by atoms with Gasteiger partial charge in [0.2, 0.25) is 0 Å². The SMILES string of the molecule is Brc1cncnc1N1CCCC1CNC1CC1. The van der Waals surface area contributed by atoms with Crippen LogP contribution in [0, 0.1) is 0 Å². The van der Waals surface area contributed by atoms with Crippen molar-refractivity contribution in [3.8, 4) is 0 Å². The molecular formula is C12H17BrN4. The Morgan fingerprint density at radius 3 is 3.06 bits per heavy atom. The Labute approximate surface area is 110 Å². The second-order valence-electron chi connectivity index (χ2n) is 4.87. The van der Waals surface area contributed by atoms with Crippen LogP contribution < -0.4 is 10.2 Å². The van der Waals surface area contributed by atoms with E-state index in [4.69, 9.17) is 0 Å². The fourth-order valence-corrected chi connectivity index (χ4v) is 2.88. The van der Waals surface area contributed by atoms with Gasteiger partial charge in [0, 0.05) is 31.4 Å². The molecule has 0 spiro atoms. The quantitative estimate of drug-likeness (QED) is 0.922. The highest BCUT2D eigenvalue weighted by molar-refractivity contribution is 9.10. The molecule has 0 radical (unpaired) electrons. The zero-order valence-corrected chi connectivity index (χ0v) is 11.4. The molecule has 1 aromatic heterocycles. The van der Waals surface area contributed by atoms with E-state index in [-0.39, 0.29) is 0 Å². The van der Waals surface area contributed by atoms with Gasteiger partial charge in [-0.25, -0.2) is 9.97 Å². The van der Waals surface area contributed by atoms with Gasteiger partial charge in [0.05, 0.1) is 4.47 Å². The summed E-state index contributed by atoms with van der Waals surface area (Å²) in [5.74, 6) is 1.04. The van der Waals surface area contributed by atoms with E-state index < -0.39 is 0 Å². The standard InChI is InChI=1S/C12H17BrN4/c13-11-7-14-8-16-12(11)17-5-1-2-10(17)6-15-9-3-4-9/h7-10,15H,1-6H2. The molecule has 1 aliphatic heterocycles. The highest BCUT2D eigenvalue weighted by atomic mass is 79.9. The Hall–Kier alpha value is -0.680. The third-order valence-electron chi connectivity index (χ3n) is 3.52. The first kappa shape index (κ1) is 11.4. The first-order chi connectivity index (χ1) is 8.34. The molecule has 92 valence electrons. The lowest BCUT2D eigenvalue weighted by atomic mass is 10.2. The summed E-state index contributed by atoms with van der Waals surface area (Å²) < 4.78 is 0.998. The molecule has 2 fully saturated rings. The Kier molecular flexibility index (Phi) is 3.29. The number of aromatic nitrogens is 2. The summed E-state index contributed by atoms with van der Waals surface area (Å²) in [4.78, 5) is 10.8. The van der Waals surface area contributed by atoms with Gasteiger partial charge in [0.15, 0.2) is 0 Å². The average Bonchev–Trinajstić information content (AvgIpc) is 3.06. The van der Waals surface area contributed by atoms with Gasteiger partial charge in [0.25, 0.3) is 0 Å². The topological polar surface area (TPSA) is 41.1 Å². The molecule has 0 bridgehead atoms. The number of nitrogens with zero attached hydrogens (tertiary/aromatic N) is 3. The van der Waals surface area contributed by atoms with Crippen LogP contribution in [0.5, 0.6) is 0 Å². The lowest BCUT2D eigenvalue weighted by molar-refractivity contribution is 0.568. The Morgan fingerprint density at radius 2 is 2.29 bits per heavy atom. The van der Waals surface area contributed by atoms with Gasteiger partial charge >= 0.3 is 0 Å². The van der Waals surface area contributed by atoms with Crippen LogP contribution in [0.1, 0.15) is 25.7 Å². The third-order valence-corrected chi connectivity index (χ3v) is 4.08. The van der Waals surface area contributed by atoms with Crippen molar-refractivity contribution in [2.45, 2.75) is 37.8 Å². The lowest BCUT2D eigenvalue weighted by Crippen LogP contribution is -2.39. The lowest BCUT2D eigenvalue weighted by Gasteiger charge is -2.26. The van der Waals surface area contributed by atoms with Gasteiger partial charge < -0.3 is 10.2 Å². The van der Waals surface area contributed by atoms with E-state index in [0.717, 1.165) is 29.4 Å². The van der Waals surface area contributed by atoms with Gasteiger partial charge in [-0.15, -0.1) is 0 Å². The molecule has 5 heteroatoms. The van der Waals surface area contributed by atoms with Crippen LogP contribution in [-0.2, 0) is 0 Å². The van der Waals surface area contributed by atoms with Crippen molar-refractivity contribution in [3.05, 3.63) is 17.0 Å². The van der Waals surface area contributed by atoms with E-state index >= 15 is 0 Å². The number of nitrogens with one attached hydrogen (secondary N) is 1. The number of hydrogen-bond donors (Lipinski definition) is 1. The van der Waals surface area contributed by atoms with Crippen molar-refractivity contribution in [2.24, 2.45) is 0 Å². The highest BCUT2D eigenvalue weighted by Gasteiger charge is 2.29. The number of rotatable bonds is 4. The summed E-state index contributed by atoms with van der Waals surface area (Å²) in [7, 11) is 0. The summed E-state index contributed by atoms with van der Waals surface area (Å²) >= 11 is 3.54. The molecule has 1 N–H and O–H groups in total. The van der Waals surface area contributed by atoms with E-state index in [1.54, 1.807) is 6.33 Å². The predicted molar refractivity (Wildman–Crippen MR) is 71.1 cm³/mol. The maximum absolute atomic E-state index is 4.39. The van der Waals surface area contributed by atoms with Crippen LogP contribution in [-0.4, -0.2) is 35.1 Å². The minimum Gasteiger partial charge on any atom is -0.351 e. The molecule has 1 unspecified atom stereocenters. The maximum Gasteiger partial charge on any atom is 0.146 e. The number of anilines is 1. The summed E-state index contributed by atoms with van der Waals surface area (Å²) in [5.41, 5.74) is 0. The molecule has 1 aromatic rings. The zero-order chi connectivity index (χ0) is 11.7. The average molecular weight is 297 g/mol. The Morgan fingerprint density at radius 1 is 1.41 bits per heavy atom. The van der Waals surface area contributed by atoms with Crippen LogP contribution >= 0.6 is 15.9 Å². The number of halogens is 1. The van der Waals surface area contributed by atoms with Crippen LogP contribution in [0.4, 0.5) is 5.82 Å². The monoisotopic (exact) mass is 296 g/mol. The fourth-order valence-electron chi connectivity index (χ4n) is 2.43. The molecule has 1 saturated heterocycles. The third kappa shape index (κ3) is 2.60. The summed E-state index contributed by atoms with van der Waals surface area (Å²) in [6.45, 7) is 2.19. The van der Waals surface area contributed by atoms with Crippen molar-refractivity contribution < 1.29 is 0 Å². The largest absolute Gasteiger partial charge is 0.351 e. The first-order valence-corrected chi connectivity index (χ1v) is 7.09. The Balaban J connectivity index is 1.69. The van der Waals surface area contributed by atoms with E-state index in [1.165, 1.54) is 25.7 Å². The summed E-state index contributed by atoms with van der Waals surface area (Å²) in [6.07, 6.45) is 8.67. The van der Waals surface area contributed by atoms with E-state index in [0.29, 0.717) is 6.04 Å². The predicted octanol–water partition coefficient (Wildman–Crippen LogP) is 1.96. The molecular weight excluding hydrogens is 280 g/mol. The van der Waals surface area contributed by atoms with Gasteiger partial charge in [-0.2, -0.15) is 0 Å². The molecule has 0 amide bonds. The minimum atomic E-state index is 0.585. The highest BCUT2D eigenvalue weighted by Crippen LogP contribution is 2.29. The van der Waals surface area contributed by atoms with Crippen molar-refractivity contribution in [1.82, 2.24) is 15.3 Å². The molecule has 1 aliphatic carbocycles. The van der Waals surface area contributed by atoms with Crippen LogP contribution in [0.3, 0.4) is 0 Å². The Bertz CT molecular complexity index is 394. The molecule has 17 heavy (non-hydrogen) atoms. The van der Waals surface area contributed by atoms with Gasteiger partial charge in [-0.05, 0) is 41.6 Å². The second kappa shape index (κ2) is 4.90. The number of hydrogen-bond acceptors (Lipinski definition) is 4. The fraction of sp³-hybridized carbons (Fsp3) is 0.667. The molecule has 1 atom stereocenters. The summed E-state index contributed by atoms with van der Waals surface area (Å²) in [5, 5.41) is 3.62. The van der Waals surface area contributed by atoms with Gasteiger partial charge in [-0.1, -0.05) is 0 Å². The molecule has 1 saturated carbocycles. The van der Waals surface area contributed by atoms with Gasteiger partial charge in [-0.3, -0.25) is 0 Å². The molecule has 4 nitrogen and oxygen atoms in total. The second-order valence-corrected chi connectivity index (χ2v) is 5.72. The van der Waals surface area contributed by atoms with E-state index in [1.807, 2.05) is 6.20 Å². The van der Waals surface area contributed by atoms with Crippen LogP contribution in [0.15, 0.2) is 17.0 Å². The van der Waals surface area contributed by atoms with E-state index in [9.17, 15) is 0 Å². The normalized spacial score (nSPS) is 24.3. The van der Waals surface area contributed by atoms with Crippen molar-refractivity contribution in [3.63, 3.8) is 0 Å². The van der Waals surface area contributed by atoms with Crippen LogP contribution in [0.25, 0.3) is 0 Å². The summed E-state index contributed by atoms with van der Waals surface area (Å²) in [6, 6.07) is 1.37. The molecule has 2 heterocycles. The smallest absolute Gasteiger partial charge is 0.146 e.